The molecule has 9 nitrogen and oxygen atoms in total. The van der Waals surface area contributed by atoms with Crippen LogP contribution in [0.25, 0.3) is 11.2 Å². The summed E-state index contributed by atoms with van der Waals surface area (Å²) in [6.45, 7) is 1.67. The number of ether oxygens (including phenoxy) is 1. The van der Waals surface area contributed by atoms with Crippen molar-refractivity contribution in [3.8, 4) is 0 Å². The first-order valence-electron chi connectivity index (χ1n) is 7.32. The zero-order chi connectivity index (χ0) is 16.6. The van der Waals surface area contributed by atoms with Crippen LogP contribution in [-0.4, -0.2) is 65.5 Å². The summed E-state index contributed by atoms with van der Waals surface area (Å²) in [7, 11) is 0. The number of aliphatic hydroxyl groups excluding tert-OH is 3. The third kappa shape index (κ3) is 2.88. The van der Waals surface area contributed by atoms with Crippen molar-refractivity contribution in [3.05, 3.63) is 6.33 Å². The smallest absolute Gasteiger partial charge is 0.223 e. The van der Waals surface area contributed by atoms with E-state index >= 15 is 0 Å². The van der Waals surface area contributed by atoms with Crippen LogP contribution in [0.1, 0.15) is 19.6 Å². The minimum atomic E-state index is -1.20. The van der Waals surface area contributed by atoms with Crippen molar-refractivity contribution in [1.82, 2.24) is 19.5 Å². The quantitative estimate of drug-likeness (QED) is 0.419. The molecule has 1 saturated heterocycles. The Morgan fingerprint density at radius 1 is 1.35 bits per heavy atom. The monoisotopic (exact) mass is 341 g/mol. The highest BCUT2D eigenvalue weighted by atomic mass is 32.2. The molecule has 1 aliphatic rings. The maximum Gasteiger partial charge on any atom is 0.223 e. The molecule has 126 valence electrons. The Hall–Kier alpha value is -1.46. The van der Waals surface area contributed by atoms with Crippen LogP contribution in [0.4, 0.5) is 5.95 Å². The normalized spacial score (nSPS) is 27.8. The Balaban J connectivity index is 2.01. The van der Waals surface area contributed by atoms with E-state index in [4.69, 9.17) is 10.5 Å². The zero-order valence-electron chi connectivity index (χ0n) is 12.5. The van der Waals surface area contributed by atoms with Crippen molar-refractivity contribution in [2.24, 2.45) is 0 Å². The summed E-state index contributed by atoms with van der Waals surface area (Å²) in [6, 6.07) is 0. The van der Waals surface area contributed by atoms with E-state index in [1.807, 2.05) is 0 Å². The van der Waals surface area contributed by atoms with Crippen molar-refractivity contribution >= 4 is 28.9 Å². The maximum atomic E-state index is 10.2. The van der Waals surface area contributed by atoms with Crippen LogP contribution >= 0.6 is 11.8 Å². The van der Waals surface area contributed by atoms with Crippen LogP contribution in [0.2, 0.25) is 0 Å². The van der Waals surface area contributed by atoms with Crippen molar-refractivity contribution < 1.29 is 20.1 Å². The Kier molecular flexibility index (Phi) is 4.69. The van der Waals surface area contributed by atoms with Crippen molar-refractivity contribution in [2.45, 2.75) is 42.9 Å². The number of rotatable bonds is 5. The largest absolute Gasteiger partial charge is 0.394 e. The predicted molar refractivity (Wildman–Crippen MR) is 83.8 cm³/mol. The first-order valence-corrected chi connectivity index (χ1v) is 8.30. The fourth-order valence-electron chi connectivity index (χ4n) is 2.50. The molecule has 0 spiro atoms. The molecule has 23 heavy (non-hydrogen) atoms. The zero-order valence-corrected chi connectivity index (χ0v) is 13.3. The highest BCUT2D eigenvalue weighted by Crippen LogP contribution is 2.33. The molecule has 2 aromatic rings. The van der Waals surface area contributed by atoms with E-state index in [0.717, 1.165) is 12.2 Å². The molecule has 10 heteroatoms. The summed E-state index contributed by atoms with van der Waals surface area (Å²) in [4.78, 5) is 12.7. The molecule has 2 aromatic heterocycles. The molecule has 0 radical (unpaired) electrons. The molecule has 1 aliphatic heterocycles. The first-order chi connectivity index (χ1) is 11.1. The first kappa shape index (κ1) is 16.4. The van der Waals surface area contributed by atoms with Gasteiger partial charge in [0.15, 0.2) is 11.9 Å². The molecule has 0 saturated carbocycles. The molecular weight excluding hydrogens is 322 g/mol. The van der Waals surface area contributed by atoms with E-state index in [-0.39, 0.29) is 5.95 Å². The van der Waals surface area contributed by atoms with Gasteiger partial charge in [-0.15, -0.1) is 11.8 Å². The fourth-order valence-corrected chi connectivity index (χ4v) is 3.34. The molecule has 4 atom stereocenters. The molecule has 3 rings (SSSR count). The van der Waals surface area contributed by atoms with E-state index in [2.05, 4.69) is 21.9 Å². The summed E-state index contributed by atoms with van der Waals surface area (Å²) in [5.74, 6) is 0.969. The number of fused-ring (bicyclic) bond motifs is 1. The minimum Gasteiger partial charge on any atom is -0.394 e. The number of hydrogen-bond acceptors (Lipinski definition) is 9. The molecule has 5 N–H and O–H groups in total. The SMILES string of the molecule is CCCSc1nc(N)nc2c1ncn2[C@@H]1O[C@@H](CO)[C@@H](O)[C@@H]1O. The van der Waals surface area contributed by atoms with E-state index < -0.39 is 31.1 Å². The molecule has 3 heterocycles. The third-order valence-electron chi connectivity index (χ3n) is 3.64. The fraction of sp³-hybridized carbons (Fsp3) is 0.615. The van der Waals surface area contributed by atoms with E-state index in [9.17, 15) is 15.3 Å². The number of aliphatic hydroxyl groups is 3. The summed E-state index contributed by atoms with van der Waals surface area (Å²) < 4.78 is 7.02. The molecule has 0 bridgehead atoms. The molecule has 0 aliphatic carbocycles. The predicted octanol–water partition coefficient (Wildman–Crippen LogP) is -0.478. The Labute approximate surface area is 136 Å². The lowest BCUT2D eigenvalue weighted by Crippen LogP contribution is -2.33. The maximum absolute atomic E-state index is 10.2. The minimum absolute atomic E-state index is 0.101. The third-order valence-corrected chi connectivity index (χ3v) is 4.81. The number of thioether (sulfide) groups is 1. The average Bonchev–Trinajstić information content (AvgIpc) is 3.07. The summed E-state index contributed by atoms with van der Waals surface area (Å²) >= 11 is 1.53. The standard InChI is InChI=1S/C13H19N5O4S/c1-2-3-23-11-7-10(16-13(14)17-11)18(5-15-7)12-9(21)8(20)6(4-19)22-12/h5-6,8-9,12,19-21H,2-4H2,1H3,(H2,14,16,17)/t6-,8+,9-,12+/m0/s1. The summed E-state index contributed by atoms with van der Waals surface area (Å²) in [6.07, 6.45) is -1.70. The second-order valence-corrected chi connectivity index (χ2v) is 6.37. The van der Waals surface area contributed by atoms with Gasteiger partial charge in [0.2, 0.25) is 5.95 Å². The number of nitrogen functional groups attached to an aromatic ring is 1. The number of anilines is 1. The number of nitrogens with two attached hydrogens (primary N) is 1. The average molecular weight is 341 g/mol. The van der Waals surface area contributed by atoms with Gasteiger partial charge in [-0.3, -0.25) is 4.57 Å². The van der Waals surface area contributed by atoms with Gasteiger partial charge in [0, 0.05) is 0 Å². The van der Waals surface area contributed by atoms with Gasteiger partial charge in [0.25, 0.3) is 0 Å². The van der Waals surface area contributed by atoms with Gasteiger partial charge in [-0.1, -0.05) is 6.92 Å². The Morgan fingerprint density at radius 3 is 2.78 bits per heavy atom. The number of hydrogen-bond donors (Lipinski definition) is 4. The lowest BCUT2D eigenvalue weighted by Gasteiger charge is -2.16. The van der Waals surface area contributed by atoms with E-state index in [1.54, 1.807) is 0 Å². The van der Waals surface area contributed by atoms with E-state index in [1.165, 1.54) is 22.7 Å². The molecule has 0 unspecified atom stereocenters. The highest BCUT2D eigenvalue weighted by molar-refractivity contribution is 7.99. The van der Waals surface area contributed by atoms with Crippen molar-refractivity contribution in [2.75, 3.05) is 18.1 Å². The van der Waals surface area contributed by atoms with Crippen LogP contribution < -0.4 is 5.73 Å². The van der Waals surface area contributed by atoms with Gasteiger partial charge >= 0.3 is 0 Å². The highest BCUT2D eigenvalue weighted by Gasteiger charge is 2.44. The second kappa shape index (κ2) is 6.57. The van der Waals surface area contributed by atoms with Crippen molar-refractivity contribution in [3.63, 3.8) is 0 Å². The van der Waals surface area contributed by atoms with Crippen molar-refractivity contribution in [1.29, 1.82) is 0 Å². The topological polar surface area (TPSA) is 140 Å². The summed E-state index contributed by atoms with van der Waals surface area (Å²) in [5, 5.41) is 29.9. The van der Waals surface area contributed by atoms with Crippen LogP contribution in [-0.2, 0) is 4.74 Å². The lowest BCUT2D eigenvalue weighted by atomic mass is 10.1. The molecule has 1 fully saturated rings. The Morgan fingerprint density at radius 2 is 2.13 bits per heavy atom. The van der Waals surface area contributed by atoms with Crippen LogP contribution in [0.3, 0.4) is 0 Å². The summed E-state index contributed by atoms with van der Waals surface area (Å²) in [5.41, 5.74) is 6.76. The second-order valence-electron chi connectivity index (χ2n) is 5.29. The van der Waals surface area contributed by atoms with Gasteiger partial charge in [-0.2, -0.15) is 4.98 Å². The number of imidazole rings is 1. The van der Waals surface area contributed by atoms with E-state index in [0.29, 0.717) is 16.2 Å². The van der Waals surface area contributed by atoms with Gasteiger partial charge in [0.1, 0.15) is 28.9 Å². The molecule has 0 amide bonds. The Bertz CT molecular complexity index is 696. The van der Waals surface area contributed by atoms with Crippen LogP contribution in [0, 0.1) is 0 Å². The van der Waals surface area contributed by atoms with Crippen LogP contribution in [0.15, 0.2) is 11.4 Å². The molecule has 0 aromatic carbocycles. The van der Waals surface area contributed by atoms with Crippen LogP contribution in [0.5, 0.6) is 0 Å². The van der Waals surface area contributed by atoms with Gasteiger partial charge < -0.3 is 25.8 Å². The molecular formula is C13H19N5O4S. The van der Waals surface area contributed by atoms with Gasteiger partial charge in [-0.05, 0) is 12.2 Å². The number of nitrogens with zero attached hydrogens (tertiary/aromatic N) is 4. The van der Waals surface area contributed by atoms with Gasteiger partial charge in [-0.25, -0.2) is 9.97 Å². The lowest BCUT2D eigenvalue weighted by molar-refractivity contribution is -0.0511. The van der Waals surface area contributed by atoms with Gasteiger partial charge in [0.05, 0.1) is 12.9 Å². The number of aromatic nitrogens is 4.